The first kappa shape index (κ1) is 16.1. The summed E-state index contributed by atoms with van der Waals surface area (Å²) in [4.78, 5) is 29.0. The Bertz CT molecular complexity index is 1240. The molecule has 0 aliphatic carbocycles. The molecule has 0 radical (unpaired) electrons. The Kier molecular flexibility index (Phi) is 3.80. The molecule has 0 N–H and O–H groups in total. The molecule has 0 spiro atoms. The third-order valence-electron chi connectivity index (χ3n) is 4.56. The van der Waals surface area contributed by atoms with Crippen molar-refractivity contribution in [3.8, 4) is 5.75 Å². The van der Waals surface area contributed by atoms with Gasteiger partial charge in [0.2, 0.25) is 0 Å². The summed E-state index contributed by atoms with van der Waals surface area (Å²) in [5.74, 6) is 0.774. The van der Waals surface area contributed by atoms with Crippen LogP contribution in [0, 0.1) is 0 Å². The normalized spacial score (nSPS) is 11.2. The van der Waals surface area contributed by atoms with Crippen LogP contribution in [0.25, 0.3) is 21.9 Å². The Morgan fingerprint density at radius 3 is 2.46 bits per heavy atom. The van der Waals surface area contributed by atoms with Crippen molar-refractivity contribution in [3.05, 3.63) is 81.0 Å². The minimum Gasteiger partial charge on any atom is -0.497 e. The Labute approximate surface area is 148 Å². The van der Waals surface area contributed by atoms with E-state index in [0.717, 1.165) is 26.8 Å². The molecule has 6 heteroatoms. The molecule has 0 saturated carbocycles. The van der Waals surface area contributed by atoms with E-state index < -0.39 is 5.69 Å². The minimum atomic E-state index is -0.550. The molecule has 0 saturated heterocycles. The van der Waals surface area contributed by atoms with E-state index in [4.69, 9.17) is 4.74 Å². The number of fused-ring (bicyclic) bond motifs is 3. The molecule has 0 atom stereocenters. The van der Waals surface area contributed by atoms with E-state index in [1.165, 1.54) is 7.05 Å². The maximum Gasteiger partial charge on any atom is 0.352 e. The number of aromatic nitrogens is 3. The lowest BCUT2D eigenvalue weighted by atomic mass is 10.2. The molecule has 2 aromatic heterocycles. The summed E-state index contributed by atoms with van der Waals surface area (Å²) in [6.07, 6.45) is 0. The number of nitrogens with zero attached hydrogens (tertiary/aromatic N) is 3. The van der Waals surface area contributed by atoms with E-state index in [1.807, 2.05) is 59.2 Å². The van der Waals surface area contributed by atoms with Gasteiger partial charge in [-0.1, -0.05) is 36.4 Å². The second-order valence-electron chi connectivity index (χ2n) is 6.10. The second-order valence-corrected chi connectivity index (χ2v) is 6.10. The number of benzene rings is 1. The quantitative estimate of drug-likeness (QED) is 0.570. The van der Waals surface area contributed by atoms with E-state index in [1.54, 1.807) is 7.11 Å². The van der Waals surface area contributed by atoms with E-state index in [0.29, 0.717) is 17.6 Å². The maximum atomic E-state index is 12.7. The molecular weight excluding hydrogens is 330 g/mol. The van der Waals surface area contributed by atoms with Crippen molar-refractivity contribution in [2.24, 2.45) is 7.05 Å². The predicted octanol–water partition coefficient (Wildman–Crippen LogP) is 2.31. The Balaban J connectivity index is 2.04. The summed E-state index contributed by atoms with van der Waals surface area (Å²) in [7, 11) is 3.07. The van der Waals surface area contributed by atoms with Gasteiger partial charge in [-0.05, 0) is 23.8 Å². The average molecular weight is 347 g/mol. The highest BCUT2D eigenvalue weighted by Gasteiger charge is 2.17. The Morgan fingerprint density at radius 1 is 1.00 bits per heavy atom. The van der Waals surface area contributed by atoms with Crippen molar-refractivity contribution in [1.82, 2.24) is 14.1 Å². The molecule has 0 aliphatic rings. The van der Waals surface area contributed by atoms with Gasteiger partial charge in [-0.2, -0.15) is 4.98 Å². The predicted molar refractivity (Wildman–Crippen MR) is 101 cm³/mol. The lowest BCUT2D eigenvalue weighted by Crippen LogP contribution is -2.32. The molecule has 130 valence electrons. The number of rotatable bonds is 3. The molecule has 2 aromatic carbocycles. The van der Waals surface area contributed by atoms with Gasteiger partial charge in [-0.15, -0.1) is 0 Å². The van der Waals surface area contributed by atoms with Crippen LogP contribution in [0.15, 0.2) is 64.2 Å². The zero-order valence-corrected chi connectivity index (χ0v) is 14.5. The fourth-order valence-electron chi connectivity index (χ4n) is 3.17. The molecule has 4 aromatic rings. The average Bonchev–Trinajstić information content (AvgIpc) is 2.80. The summed E-state index contributed by atoms with van der Waals surface area (Å²) in [6.45, 7) is 0.494. The van der Waals surface area contributed by atoms with E-state index in [-0.39, 0.29) is 5.56 Å². The van der Waals surface area contributed by atoms with Gasteiger partial charge < -0.3 is 9.30 Å². The summed E-state index contributed by atoms with van der Waals surface area (Å²) in [5.41, 5.74) is 1.41. The van der Waals surface area contributed by atoms with E-state index in [2.05, 4.69) is 4.98 Å². The lowest BCUT2D eigenvalue weighted by Gasteiger charge is -2.07. The van der Waals surface area contributed by atoms with E-state index in [9.17, 15) is 9.59 Å². The standard InChI is InChI=1S/C20H17N3O3/c1-22-19(24)17-15-6-4-3-5-7-16(15)23(18(17)21-20(22)25)12-13-8-10-14(26-2)11-9-13/h3-11H,12H2,1-2H3. The molecular formula is C20H17N3O3. The number of methoxy groups -OCH3 is 1. The van der Waals surface area contributed by atoms with Crippen molar-refractivity contribution >= 4 is 21.9 Å². The van der Waals surface area contributed by atoms with Gasteiger partial charge in [0.1, 0.15) is 5.75 Å². The summed E-state index contributed by atoms with van der Waals surface area (Å²) < 4.78 is 8.16. The van der Waals surface area contributed by atoms with Gasteiger partial charge in [0, 0.05) is 19.0 Å². The highest BCUT2D eigenvalue weighted by Crippen LogP contribution is 2.25. The summed E-state index contributed by atoms with van der Waals surface area (Å²) >= 11 is 0. The third-order valence-corrected chi connectivity index (χ3v) is 4.56. The van der Waals surface area contributed by atoms with Gasteiger partial charge in [0.05, 0.1) is 18.0 Å². The fraction of sp³-hybridized carbons (Fsp3) is 0.150. The zero-order valence-electron chi connectivity index (χ0n) is 14.5. The van der Waals surface area contributed by atoms with Crippen LogP contribution in [-0.4, -0.2) is 21.2 Å². The highest BCUT2D eigenvalue weighted by atomic mass is 16.5. The van der Waals surface area contributed by atoms with Gasteiger partial charge in [-0.25, -0.2) is 4.79 Å². The fourth-order valence-corrected chi connectivity index (χ4v) is 3.17. The van der Waals surface area contributed by atoms with Gasteiger partial charge in [0.15, 0.2) is 5.65 Å². The lowest BCUT2D eigenvalue weighted by molar-refractivity contribution is 0.414. The monoisotopic (exact) mass is 347 g/mol. The summed E-state index contributed by atoms with van der Waals surface area (Å²) in [6, 6.07) is 17.2. The van der Waals surface area contributed by atoms with E-state index >= 15 is 0 Å². The highest BCUT2D eigenvalue weighted by molar-refractivity contribution is 6.05. The van der Waals surface area contributed by atoms with Crippen molar-refractivity contribution in [2.45, 2.75) is 6.54 Å². The molecule has 0 fully saturated rings. The molecule has 26 heavy (non-hydrogen) atoms. The van der Waals surface area contributed by atoms with Crippen molar-refractivity contribution in [1.29, 1.82) is 0 Å². The topological polar surface area (TPSA) is 66.1 Å². The van der Waals surface area contributed by atoms with Gasteiger partial charge >= 0.3 is 5.69 Å². The Morgan fingerprint density at radius 2 is 1.73 bits per heavy atom. The van der Waals surface area contributed by atoms with Crippen LogP contribution >= 0.6 is 0 Å². The Hall–Kier alpha value is -3.41. The van der Waals surface area contributed by atoms with Crippen molar-refractivity contribution < 1.29 is 4.74 Å². The first-order valence-corrected chi connectivity index (χ1v) is 8.21. The zero-order chi connectivity index (χ0) is 18.3. The molecule has 0 amide bonds. The molecule has 0 bridgehead atoms. The van der Waals surface area contributed by atoms with Gasteiger partial charge in [-0.3, -0.25) is 9.36 Å². The molecule has 6 nitrogen and oxygen atoms in total. The largest absolute Gasteiger partial charge is 0.497 e. The first-order valence-electron chi connectivity index (χ1n) is 8.21. The maximum absolute atomic E-state index is 12.7. The van der Waals surface area contributed by atoms with Gasteiger partial charge in [0.25, 0.3) is 5.56 Å². The van der Waals surface area contributed by atoms with Crippen molar-refractivity contribution in [2.75, 3.05) is 7.11 Å². The minimum absolute atomic E-state index is 0.329. The molecule has 0 aliphatic heterocycles. The smallest absolute Gasteiger partial charge is 0.352 e. The third kappa shape index (κ3) is 2.47. The molecule has 2 heterocycles. The van der Waals surface area contributed by atoms with Crippen LogP contribution in [0.2, 0.25) is 0 Å². The summed E-state index contributed by atoms with van der Waals surface area (Å²) in [5, 5.41) is 1.25. The van der Waals surface area contributed by atoms with Crippen LogP contribution in [0.4, 0.5) is 0 Å². The first-order chi connectivity index (χ1) is 12.6. The van der Waals surface area contributed by atoms with Crippen LogP contribution in [-0.2, 0) is 13.6 Å². The number of hydrogen-bond donors (Lipinski definition) is 0. The SMILES string of the molecule is COc1ccc(Cn2c3cccccc3c3c(=O)n(C)c(=O)nc32)cc1. The van der Waals surface area contributed by atoms with Crippen LogP contribution in [0.5, 0.6) is 5.75 Å². The van der Waals surface area contributed by atoms with Crippen LogP contribution in [0.1, 0.15) is 5.56 Å². The van der Waals surface area contributed by atoms with Crippen LogP contribution < -0.4 is 16.0 Å². The number of hydrogen-bond acceptors (Lipinski definition) is 4. The second kappa shape index (κ2) is 6.15. The molecule has 4 rings (SSSR count). The van der Waals surface area contributed by atoms with Crippen molar-refractivity contribution in [3.63, 3.8) is 0 Å². The number of ether oxygens (including phenoxy) is 1. The van der Waals surface area contributed by atoms with Crippen LogP contribution in [0.3, 0.4) is 0 Å². The molecule has 0 unspecified atom stereocenters.